The molecule has 0 aliphatic heterocycles. The monoisotopic (exact) mass is 271 g/mol. The summed E-state index contributed by atoms with van der Waals surface area (Å²) in [5, 5.41) is 4.02. The maximum atomic E-state index is 11.4. The summed E-state index contributed by atoms with van der Waals surface area (Å²) >= 11 is 1.47. The second-order valence-corrected chi connectivity index (χ2v) is 6.18. The third-order valence-electron chi connectivity index (χ3n) is 3.06. The SMILES string of the molecule is COC(=O)c1nc(NCC(C)(C)N(C)C)sc1C. The topological polar surface area (TPSA) is 54.5 Å². The molecule has 1 N–H and O–H groups in total. The Morgan fingerprint density at radius 3 is 2.61 bits per heavy atom. The summed E-state index contributed by atoms with van der Waals surface area (Å²) in [7, 11) is 5.44. The lowest BCUT2D eigenvalue weighted by atomic mass is 10.1. The molecule has 1 aromatic heterocycles. The summed E-state index contributed by atoms with van der Waals surface area (Å²) in [6, 6.07) is 0. The van der Waals surface area contributed by atoms with Crippen LogP contribution in [-0.4, -0.2) is 49.1 Å². The first-order valence-corrected chi connectivity index (χ1v) is 6.56. The first-order chi connectivity index (χ1) is 8.27. The Balaban J connectivity index is 2.73. The zero-order valence-corrected chi connectivity index (χ0v) is 12.6. The molecule has 0 aliphatic rings. The maximum absolute atomic E-state index is 11.4. The average Bonchev–Trinajstić information content (AvgIpc) is 2.67. The molecule has 6 heteroatoms. The second-order valence-electron chi connectivity index (χ2n) is 4.98. The number of aromatic nitrogens is 1. The van der Waals surface area contributed by atoms with Gasteiger partial charge in [0.05, 0.1) is 7.11 Å². The molecule has 5 nitrogen and oxygen atoms in total. The Labute approximate surface area is 112 Å². The predicted molar refractivity (Wildman–Crippen MR) is 74.4 cm³/mol. The van der Waals surface area contributed by atoms with Crippen LogP contribution in [0.15, 0.2) is 0 Å². The summed E-state index contributed by atoms with van der Waals surface area (Å²) in [6.07, 6.45) is 0. The van der Waals surface area contributed by atoms with Gasteiger partial charge < -0.3 is 15.0 Å². The molecule has 0 radical (unpaired) electrons. The van der Waals surface area contributed by atoms with Gasteiger partial charge in [-0.05, 0) is 34.9 Å². The van der Waals surface area contributed by atoms with Crippen LogP contribution in [0.2, 0.25) is 0 Å². The molecule has 0 saturated heterocycles. The van der Waals surface area contributed by atoms with Crippen molar-refractivity contribution in [3.05, 3.63) is 10.6 Å². The minimum atomic E-state index is -0.385. The van der Waals surface area contributed by atoms with Gasteiger partial charge in [0.1, 0.15) is 0 Å². The predicted octanol–water partition coefficient (Wildman–Crippen LogP) is 1.99. The second kappa shape index (κ2) is 5.67. The minimum absolute atomic E-state index is 0.0189. The van der Waals surface area contributed by atoms with E-state index in [1.54, 1.807) is 0 Å². The average molecular weight is 271 g/mol. The molecule has 1 rings (SSSR count). The number of esters is 1. The van der Waals surface area contributed by atoms with Crippen molar-refractivity contribution < 1.29 is 9.53 Å². The molecule has 1 aromatic rings. The largest absolute Gasteiger partial charge is 0.464 e. The van der Waals surface area contributed by atoms with Crippen molar-refractivity contribution in [3.63, 3.8) is 0 Å². The molecular weight excluding hydrogens is 250 g/mol. The number of methoxy groups -OCH3 is 1. The molecule has 0 saturated carbocycles. The van der Waals surface area contributed by atoms with Crippen LogP contribution in [0.4, 0.5) is 5.13 Å². The number of rotatable bonds is 5. The van der Waals surface area contributed by atoms with E-state index in [0.29, 0.717) is 5.69 Å². The highest BCUT2D eigenvalue weighted by molar-refractivity contribution is 7.15. The fourth-order valence-electron chi connectivity index (χ4n) is 1.21. The van der Waals surface area contributed by atoms with Gasteiger partial charge in [-0.3, -0.25) is 0 Å². The Morgan fingerprint density at radius 2 is 2.11 bits per heavy atom. The van der Waals surface area contributed by atoms with Gasteiger partial charge in [0.25, 0.3) is 0 Å². The van der Waals surface area contributed by atoms with E-state index in [-0.39, 0.29) is 11.5 Å². The van der Waals surface area contributed by atoms with E-state index in [1.165, 1.54) is 18.4 Å². The van der Waals surface area contributed by atoms with Crippen molar-refractivity contribution in [2.24, 2.45) is 0 Å². The van der Waals surface area contributed by atoms with Gasteiger partial charge in [-0.2, -0.15) is 0 Å². The Morgan fingerprint density at radius 1 is 1.50 bits per heavy atom. The van der Waals surface area contributed by atoms with Crippen molar-refractivity contribution in [2.75, 3.05) is 33.1 Å². The maximum Gasteiger partial charge on any atom is 0.357 e. The number of ether oxygens (including phenoxy) is 1. The summed E-state index contributed by atoms with van der Waals surface area (Å²) in [4.78, 5) is 18.7. The van der Waals surface area contributed by atoms with E-state index in [0.717, 1.165) is 16.6 Å². The van der Waals surface area contributed by atoms with Crippen LogP contribution in [0, 0.1) is 6.92 Å². The molecule has 0 spiro atoms. The van der Waals surface area contributed by atoms with Crippen molar-refractivity contribution in [2.45, 2.75) is 26.3 Å². The molecule has 0 amide bonds. The Hall–Kier alpha value is -1.14. The van der Waals surface area contributed by atoms with Gasteiger partial charge in [0.2, 0.25) is 0 Å². The molecule has 0 bridgehead atoms. The summed E-state index contributed by atoms with van der Waals surface area (Å²) in [5.41, 5.74) is 0.415. The number of carbonyl (C=O) groups is 1. The number of anilines is 1. The van der Waals surface area contributed by atoms with E-state index < -0.39 is 0 Å². The molecule has 0 unspecified atom stereocenters. The lowest BCUT2D eigenvalue weighted by molar-refractivity contribution is 0.0594. The Kier molecular flexibility index (Phi) is 4.70. The van der Waals surface area contributed by atoms with Gasteiger partial charge in [0.15, 0.2) is 10.8 Å². The summed E-state index contributed by atoms with van der Waals surface area (Å²) in [6.45, 7) is 6.91. The summed E-state index contributed by atoms with van der Waals surface area (Å²) in [5.74, 6) is -0.385. The lowest BCUT2D eigenvalue weighted by Gasteiger charge is -2.32. The fourth-order valence-corrected chi connectivity index (χ4v) is 2.01. The van der Waals surface area contributed by atoms with E-state index in [2.05, 4.69) is 33.8 Å². The molecule has 0 aliphatic carbocycles. The van der Waals surface area contributed by atoms with Gasteiger partial charge >= 0.3 is 5.97 Å². The van der Waals surface area contributed by atoms with E-state index in [1.807, 2.05) is 21.0 Å². The third-order valence-corrected chi connectivity index (χ3v) is 3.99. The summed E-state index contributed by atoms with van der Waals surface area (Å²) < 4.78 is 4.68. The van der Waals surface area contributed by atoms with E-state index >= 15 is 0 Å². The molecular formula is C12H21N3O2S. The molecule has 0 fully saturated rings. The van der Waals surface area contributed by atoms with Crippen LogP contribution >= 0.6 is 11.3 Å². The zero-order valence-electron chi connectivity index (χ0n) is 11.8. The normalized spacial score (nSPS) is 11.7. The first-order valence-electron chi connectivity index (χ1n) is 5.75. The fraction of sp³-hybridized carbons (Fsp3) is 0.667. The van der Waals surface area contributed by atoms with Crippen molar-refractivity contribution in [1.82, 2.24) is 9.88 Å². The van der Waals surface area contributed by atoms with Crippen molar-refractivity contribution in [1.29, 1.82) is 0 Å². The number of carbonyl (C=O) groups excluding carboxylic acids is 1. The van der Waals surface area contributed by atoms with Crippen LogP contribution in [0.5, 0.6) is 0 Å². The number of thiazole rings is 1. The van der Waals surface area contributed by atoms with Crippen molar-refractivity contribution >= 4 is 22.4 Å². The first kappa shape index (κ1) is 14.9. The zero-order chi connectivity index (χ0) is 13.9. The third kappa shape index (κ3) is 3.43. The molecule has 0 atom stereocenters. The molecule has 1 heterocycles. The number of nitrogens with one attached hydrogen (secondary N) is 1. The van der Waals surface area contributed by atoms with Gasteiger partial charge in [-0.15, -0.1) is 11.3 Å². The molecule has 18 heavy (non-hydrogen) atoms. The van der Waals surface area contributed by atoms with Crippen LogP contribution in [-0.2, 0) is 4.74 Å². The molecule has 102 valence electrons. The van der Waals surface area contributed by atoms with E-state index in [4.69, 9.17) is 0 Å². The van der Waals surface area contributed by atoms with Crippen LogP contribution < -0.4 is 5.32 Å². The highest BCUT2D eigenvalue weighted by Gasteiger charge is 2.21. The van der Waals surface area contributed by atoms with Gasteiger partial charge in [-0.25, -0.2) is 9.78 Å². The van der Waals surface area contributed by atoms with Crippen molar-refractivity contribution in [3.8, 4) is 0 Å². The number of hydrogen-bond donors (Lipinski definition) is 1. The standard InChI is InChI=1S/C12H21N3O2S/c1-8-9(10(16)17-6)14-11(18-8)13-7-12(2,3)15(4)5/h7H2,1-6H3,(H,13,14). The minimum Gasteiger partial charge on any atom is -0.464 e. The van der Waals surface area contributed by atoms with Gasteiger partial charge in [0, 0.05) is 17.0 Å². The Bertz CT molecular complexity index is 427. The lowest BCUT2D eigenvalue weighted by Crippen LogP contribution is -2.44. The van der Waals surface area contributed by atoms with Gasteiger partial charge in [-0.1, -0.05) is 0 Å². The quantitative estimate of drug-likeness (QED) is 0.830. The van der Waals surface area contributed by atoms with Crippen LogP contribution in [0.25, 0.3) is 0 Å². The number of aryl methyl sites for hydroxylation is 1. The molecule has 0 aromatic carbocycles. The highest BCUT2D eigenvalue weighted by Crippen LogP contribution is 2.23. The van der Waals surface area contributed by atoms with Crippen LogP contribution in [0.1, 0.15) is 29.2 Å². The smallest absolute Gasteiger partial charge is 0.357 e. The highest BCUT2D eigenvalue weighted by atomic mass is 32.1. The number of nitrogens with zero attached hydrogens (tertiary/aromatic N) is 2. The number of hydrogen-bond acceptors (Lipinski definition) is 6. The van der Waals surface area contributed by atoms with Crippen LogP contribution in [0.3, 0.4) is 0 Å². The van der Waals surface area contributed by atoms with E-state index in [9.17, 15) is 4.79 Å². The number of likely N-dealkylation sites (N-methyl/N-ethyl adjacent to an activating group) is 1.